The zero-order chi connectivity index (χ0) is 13.7. The number of hydrogen-bond donors (Lipinski definition) is 2. The quantitative estimate of drug-likeness (QED) is 0.600. The van der Waals surface area contributed by atoms with Crippen LogP contribution < -0.4 is 11.3 Å². The molecule has 5 heteroatoms. The Labute approximate surface area is 118 Å². The molecule has 0 spiro atoms. The molecular formula is C13H25BrN4. The maximum atomic E-state index is 5.68. The summed E-state index contributed by atoms with van der Waals surface area (Å²) in [6.45, 7) is 9.51. The largest absolute Gasteiger partial charge is 0.271 e. The Kier molecular flexibility index (Phi) is 6.32. The van der Waals surface area contributed by atoms with Crippen molar-refractivity contribution in [2.24, 2.45) is 11.8 Å². The van der Waals surface area contributed by atoms with Gasteiger partial charge in [0.25, 0.3) is 0 Å². The Hall–Kier alpha value is -0.390. The van der Waals surface area contributed by atoms with Crippen LogP contribution in [0, 0.1) is 12.8 Å². The molecule has 0 aliphatic heterocycles. The van der Waals surface area contributed by atoms with Gasteiger partial charge in [0.15, 0.2) is 0 Å². The normalized spacial score (nSPS) is 14.8. The van der Waals surface area contributed by atoms with Gasteiger partial charge in [-0.2, -0.15) is 5.10 Å². The van der Waals surface area contributed by atoms with Crippen molar-refractivity contribution in [3.63, 3.8) is 0 Å². The lowest BCUT2D eigenvalue weighted by Crippen LogP contribution is -2.38. The third kappa shape index (κ3) is 3.80. The molecule has 0 fully saturated rings. The topological polar surface area (TPSA) is 55.9 Å². The average molecular weight is 317 g/mol. The van der Waals surface area contributed by atoms with E-state index < -0.39 is 0 Å². The smallest absolute Gasteiger partial charge is 0.0738 e. The first-order valence-electron chi connectivity index (χ1n) is 6.71. The third-order valence-corrected chi connectivity index (χ3v) is 4.54. The lowest BCUT2D eigenvalue weighted by molar-refractivity contribution is 0.388. The first-order chi connectivity index (χ1) is 8.53. The highest BCUT2D eigenvalue weighted by Crippen LogP contribution is 2.23. The van der Waals surface area contributed by atoms with Crippen molar-refractivity contribution >= 4 is 15.9 Å². The minimum absolute atomic E-state index is 0.303. The van der Waals surface area contributed by atoms with Crippen LogP contribution in [-0.2, 0) is 13.0 Å². The van der Waals surface area contributed by atoms with E-state index in [9.17, 15) is 0 Å². The number of aromatic nitrogens is 2. The number of nitrogens with two attached hydrogens (primary N) is 1. The van der Waals surface area contributed by atoms with Gasteiger partial charge in [0.05, 0.1) is 15.9 Å². The van der Waals surface area contributed by atoms with E-state index >= 15 is 0 Å². The monoisotopic (exact) mass is 316 g/mol. The first kappa shape index (κ1) is 15.7. The van der Waals surface area contributed by atoms with Crippen LogP contribution in [0.5, 0.6) is 0 Å². The van der Waals surface area contributed by atoms with Crippen molar-refractivity contribution in [1.29, 1.82) is 0 Å². The average Bonchev–Trinajstić information content (AvgIpc) is 2.65. The summed E-state index contributed by atoms with van der Waals surface area (Å²) in [6.07, 6.45) is 3.19. The zero-order valence-electron chi connectivity index (χ0n) is 11.8. The molecule has 0 saturated carbocycles. The molecule has 0 bridgehead atoms. The van der Waals surface area contributed by atoms with E-state index in [1.54, 1.807) is 0 Å². The molecule has 18 heavy (non-hydrogen) atoms. The summed E-state index contributed by atoms with van der Waals surface area (Å²) < 4.78 is 3.18. The Balaban J connectivity index is 2.81. The number of hydrogen-bond acceptors (Lipinski definition) is 3. The summed E-state index contributed by atoms with van der Waals surface area (Å²) in [5, 5.41) is 4.52. The highest BCUT2D eigenvalue weighted by molar-refractivity contribution is 9.10. The fourth-order valence-corrected chi connectivity index (χ4v) is 2.61. The van der Waals surface area contributed by atoms with E-state index in [0.29, 0.717) is 12.0 Å². The van der Waals surface area contributed by atoms with Crippen LogP contribution in [0.15, 0.2) is 4.47 Å². The van der Waals surface area contributed by atoms with Gasteiger partial charge in [-0.25, -0.2) is 0 Å². The first-order valence-corrected chi connectivity index (χ1v) is 7.50. The summed E-state index contributed by atoms with van der Waals surface area (Å²) >= 11 is 3.63. The van der Waals surface area contributed by atoms with Gasteiger partial charge in [-0.3, -0.25) is 16.0 Å². The van der Waals surface area contributed by atoms with Gasteiger partial charge in [-0.1, -0.05) is 20.3 Å². The molecule has 0 aliphatic rings. The van der Waals surface area contributed by atoms with Crippen LogP contribution in [-0.4, -0.2) is 15.8 Å². The number of halogens is 1. The van der Waals surface area contributed by atoms with Crippen molar-refractivity contribution in [2.45, 2.75) is 59.5 Å². The van der Waals surface area contributed by atoms with Gasteiger partial charge in [0, 0.05) is 19.0 Å². The molecule has 1 aromatic rings. The number of rotatable bonds is 7. The molecule has 1 heterocycles. The lowest BCUT2D eigenvalue weighted by Gasteiger charge is -2.20. The molecule has 0 aromatic carbocycles. The van der Waals surface area contributed by atoms with Crippen LogP contribution in [0.2, 0.25) is 0 Å². The summed E-state index contributed by atoms with van der Waals surface area (Å²) in [5.74, 6) is 6.36. The highest BCUT2D eigenvalue weighted by Gasteiger charge is 2.18. The lowest BCUT2D eigenvalue weighted by atomic mass is 9.96. The molecule has 0 saturated heterocycles. The van der Waals surface area contributed by atoms with Crippen LogP contribution in [0.25, 0.3) is 0 Å². The molecule has 1 aromatic heterocycles. The predicted octanol–water partition coefficient (Wildman–Crippen LogP) is 2.78. The number of hydrazine groups is 1. The second-order valence-corrected chi connectivity index (χ2v) is 5.77. The summed E-state index contributed by atoms with van der Waals surface area (Å²) in [5.41, 5.74) is 5.23. The fourth-order valence-electron chi connectivity index (χ4n) is 2.16. The molecule has 0 amide bonds. The van der Waals surface area contributed by atoms with Crippen LogP contribution >= 0.6 is 15.9 Å². The summed E-state index contributed by atoms with van der Waals surface area (Å²) in [4.78, 5) is 0. The van der Waals surface area contributed by atoms with Crippen molar-refractivity contribution in [3.05, 3.63) is 15.9 Å². The second-order valence-electron chi connectivity index (χ2n) is 4.98. The van der Waals surface area contributed by atoms with E-state index in [4.69, 9.17) is 5.84 Å². The van der Waals surface area contributed by atoms with Crippen LogP contribution in [0.4, 0.5) is 0 Å². The standard InChI is InChI=1S/C13H25BrN4/c1-5-9(3)7-11(16-15)8-12-13(14)10(4)17-18(12)6-2/h9,11,16H,5-8,15H2,1-4H3. The van der Waals surface area contributed by atoms with Crippen molar-refractivity contribution in [1.82, 2.24) is 15.2 Å². The van der Waals surface area contributed by atoms with Crippen molar-refractivity contribution < 1.29 is 0 Å². The minimum atomic E-state index is 0.303. The SMILES string of the molecule is CCC(C)CC(Cc1c(Br)c(C)nn1CC)NN. The van der Waals surface area contributed by atoms with Crippen molar-refractivity contribution in [2.75, 3.05) is 0 Å². The van der Waals surface area contributed by atoms with Gasteiger partial charge in [0.2, 0.25) is 0 Å². The Morgan fingerprint density at radius 1 is 1.44 bits per heavy atom. The Bertz CT molecular complexity index is 375. The highest BCUT2D eigenvalue weighted by atomic mass is 79.9. The minimum Gasteiger partial charge on any atom is -0.271 e. The van der Waals surface area contributed by atoms with Gasteiger partial charge < -0.3 is 0 Å². The Morgan fingerprint density at radius 2 is 2.11 bits per heavy atom. The van der Waals surface area contributed by atoms with Gasteiger partial charge >= 0.3 is 0 Å². The molecule has 2 atom stereocenters. The maximum Gasteiger partial charge on any atom is 0.0738 e. The predicted molar refractivity (Wildman–Crippen MR) is 79.2 cm³/mol. The van der Waals surface area contributed by atoms with E-state index in [1.165, 1.54) is 12.1 Å². The Morgan fingerprint density at radius 3 is 2.61 bits per heavy atom. The molecule has 104 valence electrons. The maximum absolute atomic E-state index is 5.68. The third-order valence-electron chi connectivity index (χ3n) is 3.51. The van der Waals surface area contributed by atoms with Gasteiger partial charge in [-0.15, -0.1) is 0 Å². The van der Waals surface area contributed by atoms with E-state index in [2.05, 4.69) is 51.9 Å². The fraction of sp³-hybridized carbons (Fsp3) is 0.769. The number of nitrogens with one attached hydrogen (secondary N) is 1. The molecular weight excluding hydrogens is 292 g/mol. The van der Waals surface area contributed by atoms with Gasteiger partial charge in [-0.05, 0) is 42.1 Å². The molecule has 1 rings (SSSR count). The van der Waals surface area contributed by atoms with E-state index in [-0.39, 0.29) is 0 Å². The molecule has 2 unspecified atom stereocenters. The zero-order valence-corrected chi connectivity index (χ0v) is 13.4. The van der Waals surface area contributed by atoms with E-state index in [1.807, 2.05) is 6.92 Å². The van der Waals surface area contributed by atoms with Crippen LogP contribution in [0.1, 0.15) is 45.0 Å². The van der Waals surface area contributed by atoms with E-state index in [0.717, 1.165) is 29.6 Å². The second kappa shape index (κ2) is 7.26. The van der Waals surface area contributed by atoms with Crippen LogP contribution in [0.3, 0.4) is 0 Å². The molecule has 0 radical (unpaired) electrons. The van der Waals surface area contributed by atoms with Crippen molar-refractivity contribution in [3.8, 4) is 0 Å². The van der Waals surface area contributed by atoms with Gasteiger partial charge in [0.1, 0.15) is 0 Å². The number of nitrogens with zero attached hydrogens (tertiary/aromatic N) is 2. The molecule has 3 N–H and O–H groups in total. The summed E-state index contributed by atoms with van der Waals surface area (Å²) in [6, 6.07) is 0.303. The molecule has 4 nitrogen and oxygen atoms in total. The molecule has 0 aliphatic carbocycles. The number of aryl methyl sites for hydroxylation is 2. The summed E-state index contributed by atoms with van der Waals surface area (Å²) in [7, 11) is 0.